The molecule has 0 radical (unpaired) electrons. The third kappa shape index (κ3) is 5.12. The van der Waals surface area contributed by atoms with Gasteiger partial charge < -0.3 is 25.7 Å². The van der Waals surface area contributed by atoms with Crippen LogP contribution < -0.4 is 20.9 Å². The molecule has 11 heteroatoms. The van der Waals surface area contributed by atoms with Crippen LogP contribution >= 0.6 is 0 Å². The van der Waals surface area contributed by atoms with E-state index in [0.29, 0.717) is 0 Å². The summed E-state index contributed by atoms with van der Waals surface area (Å²) in [5, 5.41) is 0. The first-order valence-electron chi connectivity index (χ1n) is 7.03. The number of anilines is 2. The summed E-state index contributed by atoms with van der Waals surface area (Å²) in [6.45, 7) is -1.46. The van der Waals surface area contributed by atoms with Crippen molar-refractivity contribution in [1.82, 2.24) is 15.0 Å². The third-order valence-electron chi connectivity index (χ3n) is 2.74. The minimum atomic E-state index is -3.02. The molecule has 0 fully saturated rings. The van der Waals surface area contributed by atoms with Crippen LogP contribution in [0.2, 0.25) is 0 Å². The number of nitrogens with two attached hydrogens (primary N) is 2. The Bertz CT molecular complexity index is 740. The van der Waals surface area contributed by atoms with Crippen LogP contribution in [0.5, 0.6) is 11.5 Å². The zero-order chi connectivity index (χ0) is 18.4. The van der Waals surface area contributed by atoms with Crippen LogP contribution in [0.15, 0.2) is 18.2 Å². The van der Waals surface area contributed by atoms with E-state index in [4.69, 9.17) is 20.9 Å². The van der Waals surface area contributed by atoms with Gasteiger partial charge in [-0.1, -0.05) is 0 Å². The van der Waals surface area contributed by atoms with E-state index in [-0.39, 0.29) is 48.0 Å². The Balaban J connectivity index is 2.11. The van der Waals surface area contributed by atoms with E-state index < -0.39 is 12.6 Å². The lowest BCUT2D eigenvalue weighted by Crippen LogP contribution is -2.11. The van der Waals surface area contributed by atoms with Gasteiger partial charge in [0.1, 0.15) is 0 Å². The van der Waals surface area contributed by atoms with Gasteiger partial charge in [0.15, 0.2) is 23.9 Å². The number of nitrogens with zero attached hydrogens (tertiary/aromatic N) is 3. The summed E-state index contributed by atoms with van der Waals surface area (Å²) >= 11 is 0. The van der Waals surface area contributed by atoms with Gasteiger partial charge in [0.05, 0.1) is 12.2 Å². The average molecular weight is 355 g/mol. The molecule has 2 aromatic rings. The fraction of sp³-hybridized carbons (Fsp3) is 0.286. The fourth-order valence-electron chi connectivity index (χ4n) is 1.83. The second kappa shape index (κ2) is 8.04. The molecule has 4 N–H and O–H groups in total. The number of esters is 1. The standard InChI is InChI=1S/C14H15F2N5O4/c1-2-23-9-5-7(3-4-8(9)25-12(15)16)11(22)24-6-10-19-13(17)21-14(18)20-10/h3-5,12H,2,6H2,1H3,(H4,17,18,19,20,21). The third-order valence-corrected chi connectivity index (χ3v) is 2.74. The number of rotatable bonds is 7. The minimum absolute atomic E-state index is 0.00843. The molecular formula is C14H15F2N5O4. The highest BCUT2D eigenvalue weighted by atomic mass is 19.3. The monoisotopic (exact) mass is 355 g/mol. The summed E-state index contributed by atoms with van der Waals surface area (Å²) < 4.78 is 39.3. The second-order valence-corrected chi connectivity index (χ2v) is 4.52. The molecule has 1 aromatic carbocycles. The number of hydrogen-bond acceptors (Lipinski definition) is 9. The Morgan fingerprint density at radius 3 is 2.44 bits per heavy atom. The van der Waals surface area contributed by atoms with E-state index in [2.05, 4.69) is 19.7 Å². The van der Waals surface area contributed by atoms with Gasteiger partial charge in [-0.15, -0.1) is 0 Å². The Kier molecular flexibility index (Phi) is 5.82. The first-order chi connectivity index (χ1) is 11.9. The summed E-state index contributed by atoms with van der Waals surface area (Å²) in [7, 11) is 0. The molecule has 9 nitrogen and oxygen atoms in total. The van der Waals surface area contributed by atoms with Crippen LogP contribution in [0, 0.1) is 0 Å². The summed E-state index contributed by atoms with van der Waals surface area (Å²) in [4.78, 5) is 23.2. The van der Waals surface area contributed by atoms with Crippen molar-refractivity contribution in [2.45, 2.75) is 20.1 Å². The number of carbonyl (C=O) groups excluding carboxylic acids is 1. The van der Waals surface area contributed by atoms with Crippen LogP contribution in [0.1, 0.15) is 23.1 Å². The number of nitrogen functional groups attached to an aromatic ring is 2. The number of carbonyl (C=O) groups is 1. The van der Waals surface area contributed by atoms with Gasteiger partial charge in [-0.3, -0.25) is 0 Å². The van der Waals surface area contributed by atoms with E-state index in [1.165, 1.54) is 18.2 Å². The zero-order valence-corrected chi connectivity index (χ0v) is 13.1. The van der Waals surface area contributed by atoms with Crippen molar-refractivity contribution in [2.75, 3.05) is 18.1 Å². The van der Waals surface area contributed by atoms with Gasteiger partial charge in [-0.25, -0.2) is 4.79 Å². The highest BCUT2D eigenvalue weighted by Crippen LogP contribution is 2.30. The molecule has 0 unspecified atom stereocenters. The lowest BCUT2D eigenvalue weighted by atomic mass is 10.2. The summed E-state index contributed by atoms with van der Waals surface area (Å²) in [6.07, 6.45) is 0. The van der Waals surface area contributed by atoms with Crippen molar-refractivity contribution in [3.05, 3.63) is 29.6 Å². The zero-order valence-electron chi connectivity index (χ0n) is 13.1. The second-order valence-electron chi connectivity index (χ2n) is 4.52. The number of halogens is 2. The molecule has 0 spiro atoms. The van der Waals surface area contributed by atoms with Crippen LogP contribution in [-0.4, -0.2) is 34.1 Å². The van der Waals surface area contributed by atoms with Crippen LogP contribution in [0.3, 0.4) is 0 Å². The normalized spacial score (nSPS) is 10.6. The van der Waals surface area contributed by atoms with Crippen molar-refractivity contribution < 1.29 is 27.8 Å². The van der Waals surface area contributed by atoms with Crippen LogP contribution in [-0.2, 0) is 11.3 Å². The maximum absolute atomic E-state index is 12.4. The van der Waals surface area contributed by atoms with Crippen LogP contribution in [0.25, 0.3) is 0 Å². The van der Waals surface area contributed by atoms with Crippen LogP contribution in [0.4, 0.5) is 20.7 Å². The quantitative estimate of drug-likeness (QED) is 0.706. The first-order valence-corrected chi connectivity index (χ1v) is 7.03. The van der Waals surface area contributed by atoms with E-state index in [1.54, 1.807) is 6.92 Å². The van der Waals surface area contributed by atoms with Gasteiger partial charge in [0.2, 0.25) is 11.9 Å². The number of aromatic nitrogens is 3. The Morgan fingerprint density at radius 2 is 1.84 bits per heavy atom. The Morgan fingerprint density at radius 1 is 1.16 bits per heavy atom. The molecule has 0 saturated carbocycles. The van der Waals surface area contributed by atoms with Crippen molar-refractivity contribution in [1.29, 1.82) is 0 Å². The largest absolute Gasteiger partial charge is 0.490 e. The molecule has 0 aliphatic carbocycles. The maximum atomic E-state index is 12.4. The predicted molar refractivity (Wildman–Crippen MR) is 82.0 cm³/mol. The number of benzene rings is 1. The van der Waals surface area contributed by atoms with Crippen molar-refractivity contribution in [3.63, 3.8) is 0 Å². The number of alkyl halides is 2. The maximum Gasteiger partial charge on any atom is 0.387 e. The first kappa shape index (κ1) is 18.1. The van der Waals surface area contributed by atoms with E-state index >= 15 is 0 Å². The fourth-order valence-corrected chi connectivity index (χ4v) is 1.83. The molecule has 0 aliphatic rings. The molecular weight excluding hydrogens is 340 g/mol. The summed E-state index contributed by atoms with van der Waals surface area (Å²) in [5.41, 5.74) is 10.9. The van der Waals surface area contributed by atoms with Gasteiger partial charge in [-0.2, -0.15) is 23.7 Å². The topological polar surface area (TPSA) is 135 Å². The molecule has 0 bridgehead atoms. The molecule has 0 amide bonds. The van der Waals surface area contributed by atoms with E-state index in [9.17, 15) is 13.6 Å². The molecule has 134 valence electrons. The highest BCUT2D eigenvalue weighted by molar-refractivity contribution is 5.90. The Hall–Kier alpha value is -3.24. The smallest absolute Gasteiger partial charge is 0.387 e. The summed E-state index contributed by atoms with van der Waals surface area (Å²) in [6, 6.07) is 3.69. The lowest BCUT2D eigenvalue weighted by Gasteiger charge is -2.12. The van der Waals surface area contributed by atoms with Crippen molar-refractivity contribution >= 4 is 17.9 Å². The lowest BCUT2D eigenvalue weighted by molar-refractivity contribution is -0.0514. The molecule has 1 heterocycles. The van der Waals surface area contributed by atoms with Crippen molar-refractivity contribution in [2.24, 2.45) is 0 Å². The molecule has 25 heavy (non-hydrogen) atoms. The minimum Gasteiger partial charge on any atom is -0.490 e. The van der Waals surface area contributed by atoms with E-state index in [1.807, 2.05) is 0 Å². The number of ether oxygens (including phenoxy) is 3. The molecule has 0 aliphatic heterocycles. The molecule has 0 atom stereocenters. The van der Waals surface area contributed by atoms with Crippen molar-refractivity contribution in [3.8, 4) is 11.5 Å². The van der Waals surface area contributed by atoms with E-state index in [0.717, 1.165) is 0 Å². The van der Waals surface area contributed by atoms with Gasteiger partial charge in [0.25, 0.3) is 0 Å². The van der Waals surface area contributed by atoms with Gasteiger partial charge >= 0.3 is 12.6 Å². The predicted octanol–water partition coefficient (Wildman–Crippen LogP) is 1.39. The molecule has 1 aromatic heterocycles. The Labute approximate surface area is 140 Å². The summed E-state index contributed by atoms with van der Waals surface area (Å²) in [5.74, 6) is -1.09. The van der Waals surface area contributed by atoms with Gasteiger partial charge in [-0.05, 0) is 25.1 Å². The highest BCUT2D eigenvalue weighted by Gasteiger charge is 2.16. The SMILES string of the molecule is CCOc1cc(C(=O)OCc2nc(N)nc(N)n2)ccc1OC(F)F. The average Bonchev–Trinajstić information content (AvgIpc) is 2.53. The number of hydrogen-bond donors (Lipinski definition) is 2. The molecule has 0 saturated heterocycles. The van der Waals surface area contributed by atoms with Gasteiger partial charge in [0, 0.05) is 0 Å². The molecule has 2 rings (SSSR count).